The number of aryl methyl sites for hydroxylation is 1. The van der Waals surface area contributed by atoms with Crippen LogP contribution < -0.4 is 4.87 Å². The van der Waals surface area contributed by atoms with E-state index in [4.69, 9.17) is 0 Å². The van der Waals surface area contributed by atoms with Gasteiger partial charge in [-0.25, -0.2) is 0 Å². The van der Waals surface area contributed by atoms with E-state index < -0.39 is 0 Å². The van der Waals surface area contributed by atoms with Crippen LogP contribution in [-0.2, 0) is 16.1 Å². The second kappa shape index (κ2) is 8.17. The molecule has 2 fully saturated rings. The van der Waals surface area contributed by atoms with E-state index in [1.165, 1.54) is 30.3 Å². The van der Waals surface area contributed by atoms with Crippen molar-refractivity contribution in [2.45, 2.75) is 52.0 Å². The van der Waals surface area contributed by atoms with Gasteiger partial charge < -0.3 is 9.80 Å². The van der Waals surface area contributed by atoms with Gasteiger partial charge in [0.2, 0.25) is 11.8 Å². The maximum absolute atomic E-state index is 12.4. The number of aromatic nitrogens is 1. The van der Waals surface area contributed by atoms with Crippen molar-refractivity contribution in [3.05, 3.63) is 20.7 Å². The molecule has 25 heavy (non-hydrogen) atoms. The molecule has 2 heterocycles. The fourth-order valence-electron chi connectivity index (χ4n) is 3.82. The normalized spacial score (nSPS) is 18.8. The lowest BCUT2D eigenvalue weighted by molar-refractivity contribution is -0.140. The highest BCUT2D eigenvalue weighted by molar-refractivity contribution is 7.07. The topological polar surface area (TPSA) is 62.6 Å². The van der Waals surface area contributed by atoms with Crippen LogP contribution in [0.1, 0.15) is 44.2 Å². The molecule has 0 radical (unpaired) electrons. The minimum Gasteiger partial charge on any atom is -0.339 e. The number of rotatable bonds is 5. The minimum atomic E-state index is -0.0911. The van der Waals surface area contributed by atoms with Crippen LogP contribution in [0, 0.1) is 12.8 Å². The Labute approximate surface area is 152 Å². The first-order chi connectivity index (χ1) is 12.0. The lowest BCUT2D eigenvalue weighted by Gasteiger charge is -2.35. The average Bonchev–Trinajstić information content (AvgIpc) is 3.25. The third-order valence-electron chi connectivity index (χ3n) is 5.50. The van der Waals surface area contributed by atoms with Crippen LogP contribution in [0.5, 0.6) is 0 Å². The fourth-order valence-corrected chi connectivity index (χ4v) is 4.56. The second-order valence-electron chi connectivity index (χ2n) is 7.18. The SMILES string of the molecule is Cc1csc(=O)n1CC(=O)N1CCN(C(=O)CCC2CCCC2)CC1. The van der Waals surface area contributed by atoms with E-state index in [1.54, 1.807) is 10.3 Å². The van der Waals surface area contributed by atoms with Gasteiger partial charge in [-0.2, -0.15) is 0 Å². The smallest absolute Gasteiger partial charge is 0.307 e. The van der Waals surface area contributed by atoms with E-state index in [0.29, 0.717) is 32.6 Å². The Bertz CT molecular complexity index is 667. The molecule has 6 nitrogen and oxygen atoms in total. The van der Waals surface area contributed by atoms with E-state index >= 15 is 0 Å². The summed E-state index contributed by atoms with van der Waals surface area (Å²) in [5, 5.41) is 1.77. The van der Waals surface area contributed by atoms with Gasteiger partial charge >= 0.3 is 4.87 Å². The van der Waals surface area contributed by atoms with Crippen LogP contribution in [0.25, 0.3) is 0 Å². The van der Waals surface area contributed by atoms with Crippen molar-refractivity contribution in [1.82, 2.24) is 14.4 Å². The standard InChI is InChI=1S/C18H27N3O3S/c1-14-13-25-18(24)21(14)12-17(23)20-10-8-19(9-11-20)16(22)7-6-15-4-2-3-5-15/h13,15H,2-12H2,1H3. The monoisotopic (exact) mass is 365 g/mol. The van der Waals surface area contributed by atoms with Gasteiger partial charge in [0.15, 0.2) is 0 Å². The molecule has 2 amide bonds. The number of carbonyl (C=O) groups excluding carboxylic acids is 2. The molecule has 0 aromatic carbocycles. The lowest BCUT2D eigenvalue weighted by atomic mass is 10.0. The number of hydrogen-bond acceptors (Lipinski definition) is 4. The highest BCUT2D eigenvalue weighted by Gasteiger charge is 2.25. The molecule has 1 saturated heterocycles. The first kappa shape index (κ1) is 18.2. The highest BCUT2D eigenvalue weighted by Crippen LogP contribution is 2.28. The molecule has 3 rings (SSSR count). The van der Waals surface area contributed by atoms with E-state index in [1.807, 2.05) is 11.8 Å². The van der Waals surface area contributed by atoms with Gasteiger partial charge in [-0.1, -0.05) is 37.0 Å². The van der Waals surface area contributed by atoms with Crippen molar-refractivity contribution in [3.8, 4) is 0 Å². The summed E-state index contributed by atoms with van der Waals surface area (Å²) in [4.78, 5) is 40.1. The maximum atomic E-state index is 12.4. The van der Waals surface area contributed by atoms with Crippen LogP contribution in [0.4, 0.5) is 0 Å². The molecule has 1 aliphatic carbocycles. The van der Waals surface area contributed by atoms with E-state index in [-0.39, 0.29) is 23.2 Å². The molecule has 7 heteroatoms. The molecule has 0 unspecified atom stereocenters. The fraction of sp³-hybridized carbons (Fsp3) is 0.722. The van der Waals surface area contributed by atoms with Crippen molar-refractivity contribution in [2.24, 2.45) is 5.92 Å². The molecule has 0 N–H and O–H groups in total. The summed E-state index contributed by atoms with van der Waals surface area (Å²) in [5.74, 6) is 0.921. The number of hydrogen-bond donors (Lipinski definition) is 0. The van der Waals surface area contributed by atoms with Crippen LogP contribution in [-0.4, -0.2) is 52.4 Å². The number of carbonyl (C=O) groups is 2. The Morgan fingerprint density at radius 3 is 2.24 bits per heavy atom. The van der Waals surface area contributed by atoms with Crippen LogP contribution in [0.2, 0.25) is 0 Å². The van der Waals surface area contributed by atoms with Crippen molar-refractivity contribution in [1.29, 1.82) is 0 Å². The summed E-state index contributed by atoms with van der Waals surface area (Å²) in [5.41, 5.74) is 0.823. The van der Waals surface area contributed by atoms with Gasteiger partial charge in [0.1, 0.15) is 6.54 Å². The van der Waals surface area contributed by atoms with Gasteiger partial charge in [0.05, 0.1) is 0 Å². The van der Waals surface area contributed by atoms with Crippen molar-refractivity contribution in [3.63, 3.8) is 0 Å². The Hall–Kier alpha value is -1.63. The summed E-state index contributed by atoms with van der Waals surface area (Å²) >= 11 is 1.12. The molecule has 1 aliphatic heterocycles. The van der Waals surface area contributed by atoms with Gasteiger partial charge in [-0.3, -0.25) is 19.0 Å². The number of amides is 2. The second-order valence-corrected chi connectivity index (χ2v) is 8.00. The van der Waals surface area contributed by atoms with Crippen LogP contribution in [0.3, 0.4) is 0 Å². The summed E-state index contributed by atoms with van der Waals surface area (Å²) in [6, 6.07) is 0. The van der Waals surface area contributed by atoms with Gasteiger partial charge in [0, 0.05) is 43.7 Å². The average molecular weight is 365 g/mol. The van der Waals surface area contributed by atoms with Crippen LogP contribution >= 0.6 is 11.3 Å². The summed E-state index contributed by atoms with van der Waals surface area (Å²) in [6.07, 6.45) is 6.83. The third-order valence-corrected chi connectivity index (χ3v) is 6.38. The maximum Gasteiger partial charge on any atom is 0.307 e. The van der Waals surface area contributed by atoms with Crippen LogP contribution in [0.15, 0.2) is 10.2 Å². The first-order valence-electron chi connectivity index (χ1n) is 9.25. The van der Waals surface area contributed by atoms with Gasteiger partial charge in [0.25, 0.3) is 0 Å². The molecule has 0 spiro atoms. The largest absolute Gasteiger partial charge is 0.339 e. The molecule has 1 aromatic heterocycles. The Balaban J connectivity index is 1.44. The summed E-state index contributed by atoms with van der Waals surface area (Å²) in [7, 11) is 0. The molecule has 2 aliphatic rings. The number of thiazole rings is 1. The minimum absolute atomic E-state index is 0.0401. The molecule has 1 aromatic rings. The highest BCUT2D eigenvalue weighted by atomic mass is 32.1. The van der Waals surface area contributed by atoms with E-state index in [0.717, 1.165) is 29.4 Å². The zero-order valence-corrected chi connectivity index (χ0v) is 15.7. The zero-order chi connectivity index (χ0) is 17.8. The Morgan fingerprint density at radius 1 is 1.08 bits per heavy atom. The molecule has 0 atom stereocenters. The van der Waals surface area contributed by atoms with Gasteiger partial charge in [-0.05, 0) is 19.3 Å². The molecule has 138 valence electrons. The molecular formula is C18H27N3O3S. The first-order valence-corrected chi connectivity index (χ1v) is 10.1. The quantitative estimate of drug-likeness (QED) is 0.800. The predicted molar refractivity (Wildman–Crippen MR) is 97.7 cm³/mol. The van der Waals surface area contributed by atoms with E-state index in [2.05, 4.69) is 0 Å². The van der Waals surface area contributed by atoms with Crippen molar-refractivity contribution >= 4 is 23.2 Å². The Morgan fingerprint density at radius 2 is 1.68 bits per heavy atom. The molecule has 0 bridgehead atoms. The number of nitrogens with zero attached hydrogens (tertiary/aromatic N) is 3. The number of piperazine rings is 1. The summed E-state index contributed by atoms with van der Waals surface area (Å²) in [6.45, 7) is 4.27. The van der Waals surface area contributed by atoms with Crippen molar-refractivity contribution in [2.75, 3.05) is 26.2 Å². The van der Waals surface area contributed by atoms with E-state index in [9.17, 15) is 14.4 Å². The molecular weight excluding hydrogens is 338 g/mol. The zero-order valence-electron chi connectivity index (χ0n) is 14.9. The Kier molecular flexibility index (Phi) is 5.93. The summed E-state index contributed by atoms with van der Waals surface area (Å²) < 4.78 is 1.52. The predicted octanol–water partition coefficient (Wildman–Crippen LogP) is 1.86. The van der Waals surface area contributed by atoms with Crippen molar-refractivity contribution < 1.29 is 9.59 Å². The van der Waals surface area contributed by atoms with Gasteiger partial charge in [-0.15, -0.1) is 0 Å². The lowest BCUT2D eigenvalue weighted by Crippen LogP contribution is -2.51. The molecule has 1 saturated carbocycles. The third kappa shape index (κ3) is 4.51.